The number of hydrogen-bond donors (Lipinski definition) is 1. The molecule has 1 amide bonds. The van der Waals surface area contributed by atoms with Crippen molar-refractivity contribution in [2.45, 2.75) is 25.3 Å². The van der Waals surface area contributed by atoms with E-state index in [0.29, 0.717) is 48.6 Å². The second-order valence-corrected chi connectivity index (χ2v) is 8.02. The number of piperidine rings is 1. The van der Waals surface area contributed by atoms with Crippen molar-refractivity contribution in [3.05, 3.63) is 41.3 Å². The SMILES string of the molecule is CN(Cc1nc(C2CCCNC2)cc(N(C)C)n1)C(=O)c1ccc2c(c1)OCCO2. The van der Waals surface area contributed by atoms with E-state index >= 15 is 0 Å². The molecule has 0 bridgehead atoms. The molecule has 3 heterocycles. The molecule has 160 valence electrons. The van der Waals surface area contributed by atoms with Crippen molar-refractivity contribution < 1.29 is 14.3 Å². The Morgan fingerprint density at radius 3 is 2.67 bits per heavy atom. The maximum absolute atomic E-state index is 13.0. The highest BCUT2D eigenvalue weighted by Gasteiger charge is 2.21. The van der Waals surface area contributed by atoms with E-state index < -0.39 is 0 Å². The summed E-state index contributed by atoms with van der Waals surface area (Å²) in [5.41, 5.74) is 1.60. The summed E-state index contributed by atoms with van der Waals surface area (Å²) in [7, 11) is 5.71. The molecule has 2 aromatic rings. The van der Waals surface area contributed by atoms with Crippen LogP contribution in [0, 0.1) is 0 Å². The van der Waals surface area contributed by atoms with E-state index in [1.165, 1.54) is 0 Å². The molecule has 1 aromatic carbocycles. The molecule has 1 atom stereocenters. The van der Waals surface area contributed by atoms with Crippen LogP contribution in [0.3, 0.4) is 0 Å². The average Bonchev–Trinajstić information content (AvgIpc) is 2.78. The van der Waals surface area contributed by atoms with Gasteiger partial charge in [-0.25, -0.2) is 9.97 Å². The number of rotatable bonds is 5. The molecule has 4 rings (SSSR count). The molecule has 30 heavy (non-hydrogen) atoms. The highest BCUT2D eigenvalue weighted by Crippen LogP contribution is 2.31. The summed E-state index contributed by atoms with van der Waals surface area (Å²) in [6.07, 6.45) is 2.26. The van der Waals surface area contributed by atoms with Crippen molar-refractivity contribution in [1.29, 1.82) is 0 Å². The van der Waals surface area contributed by atoms with Gasteiger partial charge in [-0.2, -0.15) is 0 Å². The van der Waals surface area contributed by atoms with Crippen LogP contribution >= 0.6 is 0 Å². The molecule has 8 nitrogen and oxygen atoms in total. The zero-order valence-electron chi connectivity index (χ0n) is 17.9. The number of carbonyl (C=O) groups excluding carboxylic acids is 1. The van der Waals surface area contributed by atoms with Crippen LogP contribution in [0.5, 0.6) is 11.5 Å². The third kappa shape index (κ3) is 4.48. The van der Waals surface area contributed by atoms with E-state index in [1.807, 2.05) is 19.0 Å². The van der Waals surface area contributed by atoms with Gasteiger partial charge in [-0.1, -0.05) is 0 Å². The third-order valence-electron chi connectivity index (χ3n) is 5.47. The standard InChI is InChI=1S/C22H29N5O3/c1-26(2)21-12-17(16-5-4-8-23-13-16)24-20(25-21)14-27(3)22(28)15-6-7-18-19(11-15)30-10-9-29-18/h6-7,11-12,16,23H,4-5,8-10,13-14H2,1-3H3. The summed E-state index contributed by atoms with van der Waals surface area (Å²) >= 11 is 0. The van der Waals surface area contributed by atoms with Gasteiger partial charge < -0.3 is 24.6 Å². The molecule has 2 aliphatic rings. The largest absolute Gasteiger partial charge is 0.486 e. The van der Waals surface area contributed by atoms with Crippen molar-refractivity contribution in [3.8, 4) is 11.5 Å². The lowest BCUT2D eigenvalue weighted by Gasteiger charge is -2.25. The maximum Gasteiger partial charge on any atom is 0.254 e. The van der Waals surface area contributed by atoms with E-state index in [9.17, 15) is 4.79 Å². The summed E-state index contributed by atoms with van der Waals surface area (Å²) in [6.45, 7) is 3.34. The smallest absolute Gasteiger partial charge is 0.254 e. The first-order valence-electron chi connectivity index (χ1n) is 10.4. The van der Waals surface area contributed by atoms with E-state index in [4.69, 9.17) is 14.5 Å². The molecule has 2 aliphatic heterocycles. The van der Waals surface area contributed by atoms with Crippen LogP contribution in [0.4, 0.5) is 5.82 Å². The monoisotopic (exact) mass is 411 g/mol. The number of fused-ring (bicyclic) bond motifs is 1. The number of benzene rings is 1. The Bertz CT molecular complexity index is 912. The molecule has 0 radical (unpaired) electrons. The lowest BCUT2D eigenvalue weighted by Crippen LogP contribution is -2.30. The number of carbonyl (C=O) groups is 1. The van der Waals surface area contributed by atoms with Crippen molar-refractivity contribution in [3.63, 3.8) is 0 Å². The van der Waals surface area contributed by atoms with Crippen molar-refractivity contribution >= 4 is 11.7 Å². The summed E-state index contributed by atoms with van der Waals surface area (Å²) in [4.78, 5) is 26.1. The Morgan fingerprint density at radius 1 is 1.13 bits per heavy atom. The van der Waals surface area contributed by atoms with E-state index in [-0.39, 0.29) is 5.91 Å². The number of hydrogen-bond acceptors (Lipinski definition) is 7. The van der Waals surface area contributed by atoms with Crippen molar-refractivity contribution in [2.24, 2.45) is 0 Å². The minimum atomic E-state index is -0.105. The van der Waals surface area contributed by atoms with Gasteiger partial charge in [0, 0.05) is 45.2 Å². The maximum atomic E-state index is 13.0. The molecule has 1 aromatic heterocycles. The number of ether oxygens (including phenoxy) is 2. The van der Waals surface area contributed by atoms with Gasteiger partial charge >= 0.3 is 0 Å². The van der Waals surface area contributed by atoms with Crippen molar-refractivity contribution in [2.75, 3.05) is 52.3 Å². The second kappa shape index (κ2) is 8.87. The first-order chi connectivity index (χ1) is 14.5. The fourth-order valence-corrected chi connectivity index (χ4v) is 3.80. The van der Waals surface area contributed by atoms with Crippen LogP contribution in [0.1, 0.15) is 40.6 Å². The number of anilines is 1. The fraction of sp³-hybridized carbons (Fsp3) is 0.500. The van der Waals surface area contributed by atoms with E-state index in [1.54, 1.807) is 30.1 Å². The molecule has 0 aliphatic carbocycles. The molecular weight excluding hydrogens is 382 g/mol. The summed E-state index contributed by atoms with van der Waals surface area (Å²) in [5.74, 6) is 3.06. The molecule has 1 N–H and O–H groups in total. The van der Waals surface area contributed by atoms with Gasteiger partial charge in [-0.05, 0) is 37.6 Å². The molecular formula is C22H29N5O3. The first kappa shape index (κ1) is 20.4. The van der Waals surface area contributed by atoms with Crippen LogP contribution in [0.15, 0.2) is 24.3 Å². The molecule has 0 spiro atoms. The van der Waals surface area contributed by atoms with E-state index in [2.05, 4.69) is 16.4 Å². The van der Waals surface area contributed by atoms with Gasteiger partial charge in [0.1, 0.15) is 24.9 Å². The Balaban J connectivity index is 1.53. The number of nitrogens with zero attached hydrogens (tertiary/aromatic N) is 4. The molecule has 1 saturated heterocycles. The van der Waals surface area contributed by atoms with Gasteiger partial charge in [0.25, 0.3) is 5.91 Å². The number of aromatic nitrogens is 2. The number of nitrogens with one attached hydrogen (secondary N) is 1. The quantitative estimate of drug-likeness (QED) is 0.807. The van der Waals surface area contributed by atoms with Crippen LogP contribution in [-0.4, -0.2) is 68.2 Å². The minimum absolute atomic E-state index is 0.105. The van der Waals surface area contributed by atoms with Gasteiger partial charge in [0.15, 0.2) is 11.5 Å². The zero-order chi connectivity index (χ0) is 21.1. The Morgan fingerprint density at radius 2 is 1.93 bits per heavy atom. The van der Waals surface area contributed by atoms with Gasteiger partial charge in [0.2, 0.25) is 0 Å². The predicted octanol–water partition coefficient (Wildman–Crippen LogP) is 2.05. The highest BCUT2D eigenvalue weighted by atomic mass is 16.6. The Labute approximate surface area is 177 Å². The Hall–Kier alpha value is -2.87. The van der Waals surface area contributed by atoms with Crippen LogP contribution in [0.25, 0.3) is 0 Å². The van der Waals surface area contributed by atoms with Gasteiger partial charge in [-0.15, -0.1) is 0 Å². The lowest BCUT2D eigenvalue weighted by molar-refractivity contribution is 0.0780. The van der Waals surface area contributed by atoms with Crippen molar-refractivity contribution in [1.82, 2.24) is 20.2 Å². The normalized spacial score (nSPS) is 18.0. The zero-order valence-corrected chi connectivity index (χ0v) is 17.9. The van der Waals surface area contributed by atoms with Gasteiger partial charge in [0.05, 0.1) is 12.2 Å². The fourth-order valence-electron chi connectivity index (χ4n) is 3.80. The predicted molar refractivity (Wildman–Crippen MR) is 114 cm³/mol. The highest BCUT2D eigenvalue weighted by molar-refractivity contribution is 5.94. The summed E-state index contributed by atoms with van der Waals surface area (Å²) < 4.78 is 11.1. The van der Waals surface area contributed by atoms with E-state index in [0.717, 1.165) is 37.4 Å². The first-order valence-corrected chi connectivity index (χ1v) is 10.4. The minimum Gasteiger partial charge on any atom is -0.486 e. The van der Waals surface area contributed by atoms with Crippen LogP contribution in [0.2, 0.25) is 0 Å². The summed E-state index contributed by atoms with van der Waals surface area (Å²) in [6, 6.07) is 7.35. The van der Waals surface area contributed by atoms with Crippen LogP contribution < -0.4 is 19.7 Å². The molecule has 0 saturated carbocycles. The molecule has 1 unspecified atom stereocenters. The second-order valence-electron chi connectivity index (χ2n) is 8.02. The van der Waals surface area contributed by atoms with Gasteiger partial charge in [-0.3, -0.25) is 4.79 Å². The average molecular weight is 412 g/mol. The lowest BCUT2D eigenvalue weighted by atomic mass is 9.96. The third-order valence-corrected chi connectivity index (χ3v) is 5.47. The number of amides is 1. The Kier molecular flexibility index (Phi) is 6.03. The van der Waals surface area contributed by atoms with Crippen LogP contribution in [-0.2, 0) is 6.54 Å². The molecule has 1 fully saturated rings. The topological polar surface area (TPSA) is 79.8 Å². The summed E-state index contributed by atoms with van der Waals surface area (Å²) in [5, 5.41) is 3.45. The molecule has 8 heteroatoms.